The number of carbonyl (C=O) groups is 3. The largest absolute Gasteiger partial charge is 0.481 e. The van der Waals surface area contributed by atoms with Crippen LogP contribution in [0.25, 0.3) is 0 Å². The molecule has 3 N–H and O–H groups in total. The fourth-order valence-electron chi connectivity index (χ4n) is 3.16. The van der Waals surface area contributed by atoms with Crippen molar-refractivity contribution in [2.45, 2.75) is 38.3 Å². The smallest absolute Gasteiger partial charge is 0.392 e. The number of benzene rings is 1. The third-order valence-corrected chi connectivity index (χ3v) is 4.56. The summed E-state index contributed by atoms with van der Waals surface area (Å²) in [5, 5.41) is 13.5. The van der Waals surface area contributed by atoms with E-state index in [2.05, 4.69) is 10.6 Å². The third kappa shape index (κ3) is 5.97. The molecule has 1 fully saturated rings. The predicted molar refractivity (Wildman–Crippen MR) is 91.2 cm³/mol. The number of rotatable bonds is 6. The minimum atomic E-state index is -4.40. The molecule has 0 heterocycles. The molecule has 2 rings (SSSR count). The maximum Gasteiger partial charge on any atom is 0.392 e. The first kappa shape index (κ1) is 20.7. The molecular weight excluding hydrogens is 365 g/mol. The molecule has 1 saturated carbocycles. The van der Waals surface area contributed by atoms with Crippen molar-refractivity contribution < 1.29 is 32.7 Å². The molecule has 1 aliphatic rings. The summed E-state index contributed by atoms with van der Waals surface area (Å²) in [5.41, 5.74) is 0.554. The van der Waals surface area contributed by atoms with Crippen LogP contribution in [0.2, 0.25) is 0 Å². The molecular formula is C18H21F3N2O4. The molecule has 2 amide bonds. The molecule has 0 aliphatic heterocycles. The summed E-state index contributed by atoms with van der Waals surface area (Å²) < 4.78 is 39.4. The van der Waals surface area contributed by atoms with Gasteiger partial charge in [-0.3, -0.25) is 14.4 Å². The van der Waals surface area contributed by atoms with Gasteiger partial charge in [-0.15, -0.1) is 0 Å². The summed E-state index contributed by atoms with van der Waals surface area (Å²) in [6, 6.07) is 5.67. The van der Waals surface area contributed by atoms with Crippen molar-refractivity contribution in [3.8, 4) is 0 Å². The van der Waals surface area contributed by atoms with Crippen LogP contribution in [0.5, 0.6) is 0 Å². The molecule has 0 spiro atoms. The average Bonchev–Trinajstić information content (AvgIpc) is 2.61. The quantitative estimate of drug-likeness (QED) is 0.700. The molecule has 9 heteroatoms. The van der Waals surface area contributed by atoms with E-state index < -0.39 is 35.8 Å². The van der Waals surface area contributed by atoms with Crippen LogP contribution in [-0.2, 0) is 9.59 Å². The van der Waals surface area contributed by atoms with Crippen molar-refractivity contribution in [3.05, 3.63) is 29.8 Å². The second-order valence-corrected chi connectivity index (χ2v) is 6.51. The van der Waals surface area contributed by atoms with Gasteiger partial charge in [-0.2, -0.15) is 13.2 Å². The van der Waals surface area contributed by atoms with Gasteiger partial charge in [0, 0.05) is 23.7 Å². The number of hydrogen-bond acceptors (Lipinski definition) is 3. The molecule has 1 aromatic carbocycles. The standard InChI is InChI=1S/C18H21F3N2O4/c19-18(20,21)14-4-2-1-3-13(14)17(27)23-12-7-5-11(6-8-12)16(26)22-10-9-15(24)25/h5-8,13-14H,1-4,9-10H2,(H,22,26)(H,23,27)(H,24,25). The summed E-state index contributed by atoms with van der Waals surface area (Å²) in [7, 11) is 0. The normalized spacial score (nSPS) is 20.0. The minimum absolute atomic E-state index is 0.0207. The van der Waals surface area contributed by atoms with Crippen molar-refractivity contribution in [3.63, 3.8) is 0 Å². The van der Waals surface area contributed by atoms with E-state index in [1.807, 2.05) is 0 Å². The Morgan fingerprint density at radius 1 is 1.07 bits per heavy atom. The second-order valence-electron chi connectivity index (χ2n) is 6.51. The Hall–Kier alpha value is -2.58. The van der Waals surface area contributed by atoms with Gasteiger partial charge >= 0.3 is 12.1 Å². The number of nitrogens with one attached hydrogen (secondary N) is 2. The maximum absolute atomic E-state index is 13.1. The molecule has 148 valence electrons. The summed E-state index contributed by atoms with van der Waals surface area (Å²) in [6.45, 7) is -0.0207. The SMILES string of the molecule is O=C(O)CCNC(=O)c1ccc(NC(=O)C2CCCCC2C(F)(F)F)cc1. The molecule has 6 nitrogen and oxygen atoms in total. The van der Waals surface area contributed by atoms with Crippen LogP contribution in [0.4, 0.5) is 18.9 Å². The van der Waals surface area contributed by atoms with Crippen molar-refractivity contribution in [1.82, 2.24) is 5.32 Å². The number of carboxylic acid groups (broad SMARTS) is 1. The number of halogens is 3. The van der Waals surface area contributed by atoms with Gasteiger partial charge in [0.25, 0.3) is 5.91 Å². The highest BCUT2D eigenvalue weighted by Crippen LogP contribution is 2.41. The summed E-state index contributed by atoms with van der Waals surface area (Å²) in [5.74, 6) is -4.93. The molecule has 27 heavy (non-hydrogen) atoms. The van der Waals surface area contributed by atoms with Gasteiger partial charge in [0.05, 0.1) is 12.3 Å². The van der Waals surface area contributed by atoms with E-state index in [1.54, 1.807) is 0 Å². The number of alkyl halides is 3. The summed E-state index contributed by atoms with van der Waals surface area (Å²) in [4.78, 5) is 34.6. The molecule has 0 aromatic heterocycles. The van der Waals surface area contributed by atoms with E-state index in [1.165, 1.54) is 24.3 Å². The fourth-order valence-corrected chi connectivity index (χ4v) is 3.16. The first-order chi connectivity index (χ1) is 12.7. The van der Waals surface area contributed by atoms with Gasteiger partial charge in [-0.25, -0.2) is 0 Å². The molecule has 0 saturated heterocycles. The van der Waals surface area contributed by atoms with Crippen LogP contribution in [0.3, 0.4) is 0 Å². The van der Waals surface area contributed by atoms with Crippen molar-refractivity contribution in [2.24, 2.45) is 11.8 Å². The highest BCUT2D eigenvalue weighted by Gasteiger charge is 2.48. The van der Waals surface area contributed by atoms with Crippen molar-refractivity contribution in [2.75, 3.05) is 11.9 Å². The van der Waals surface area contributed by atoms with Gasteiger partial charge in [-0.05, 0) is 37.1 Å². The van der Waals surface area contributed by atoms with Gasteiger partial charge in [0.15, 0.2) is 0 Å². The Morgan fingerprint density at radius 3 is 2.30 bits per heavy atom. The maximum atomic E-state index is 13.1. The predicted octanol–water partition coefficient (Wildman–Crippen LogP) is 3.20. The van der Waals surface area contributed by atoms with Crippen LogP contribution < -0.4 is 10.6 Å². The Bertz CT molecular complexity index is 689. The fraction of sp³-hybridized carbons (Fsp3) is 0.500. The Kier molecular flexibility index (Phi) is 6.81. The molecule has 0 radical (unpaired) electrons. The van der Waals surface area contributed by atoms with Gasteiger partial charge in [-0.1, -0.05) is 12.8 Å². The lowest BCUT2D eigenvalue weighted by molar-refractivity contribution is -0.197. The summed E-state index contributed by atoms with van der Waals surface area (Å²) in [6.07, 6.45) is -3.42. The van der Waals surface area contributed by atoms with Crippen LogP contribution in [-0.4, -0.2) is 35.6 Å². The summed E-state index contributed by atoms with van der Waals surface area (Å²) >= 11 is 0. The molecule has 2 unspecified atom stereocenters. The number of aliphatic carboxylic acids is 1. The van der Waals surface area contributed by atoms with Gasteiger partial charge in [0.2, 0.25) is 5.91 Å². The zero-order valence-electron chi connectivity index (χ0n) is 14.5. The number of amides is 2. The first-order valence-electron chi connectivity index (χ1n) is 8.66. The monoisotopic (exact) mass is 386 g/mol. The number of carboxylic acids is 1. The zero-order chi connectivity index (χ0) is 20.0. The van der Waals surface area contributed by atoms with Crippen LogP contribution in [0, 0.1) is 11.8 Å². The average molecular weight is 386 g/mol. The van der Waals surface area contributed by atoms with Crippen molar-refractivity contribution in [1.29, 1.82) is 0 Å². The highest BCUT2D eigenvalue weighted by molar-refractivity contribution is 5.96. The second kappa shape index (κ2) is 8.88. The zero-order valence-corrected chi connectivity index (χ0v) is 14.5. The number of anilines is 1. The van der Waals surface area contributed by atoms with E-state index in [4.69, 9.17) is 5.11 Å². The van der Waals surface area contributed by atoms with Crippen molar-refractivity contribution >= 4 is 23.5 Å². The van der Waals surface area contributed by atoms with Gasteiger partial charge < -0.3 is 15.7 Å². The van der Waals surface area contributed by atoms with E-state index in [9.17, 15) is 27.6 Å². The lowest BCUT2D eigenvalue weighted by Gasteiger charge is -2.32. The van der Waals surface area contributed by atoms with E-state index >= 15 is 0 Å². The Labute approximate surface area is 154 Å². The topological polar surface area (TPSA) is 95.5 Å². The molecule has 0 bridgehead atoms. The lowest BCUT2D eigenvalue weighted by atomic mass is 9.78. The van der Waals surface area contributed by atoms with E-state index in [0.29, 0.717) is 18.5 Å². The number of hydrogen-bond donors (Lipinski definition) is 3. The van der Waals surface area contributed by atoms with Gasteiger partial charge in [0.1, 0.15) is 0 Å². The van der Waals surface area contributed by atoms with Crippen LogP contribution in [0.1, 0.15) is 42.5 Å². The highest BCUT2D eigenvalue weighted by atomic mass is 19.4. The molecule has 1 aromatic rings. The Morgan fingerprint density at radius 2 is 1.70 bits per heavy atom. The minimum Gasteiger partial charge on any atom is -0.481 e. The molecule has 1 aliphatic carbocycles. The lowest BCUT2D eigenvalue weighted by Crippen LogP contribution is -2.39. The Balaban J connectivity index is 1.96. The van der Waals surface area contributed by atoms with E-state index in [-0.39, 0.29) is 31.4 Å². The van der Waals surface area contributed by atoms with Crippen LogP contribution >= 0.6 is 0 Å². The molecule has 2 atom stereocenters. The number of carbonyl (C=O) groups excluding carboxylic acids is 2. The van der Waals surface area contributed by atoms with Crippen LogP contribution in [0.15, 0.2) is 24.3 Å². The third-order valence-electron chi connectivity index (χ3n) is 4.56. The van der Waals surface area contributed by atoms with E-state index in [0.717, 1.165) is 0 Å². The first-order valence-corrected chi connectivity index (χ1v) is 8.66.